The predicted molar refractivity (Wildman–Crippen MR) is 96.2 cm³/mol. The Balaban J connectivity index is 3.42. The molecule has 0 radical (unpaired) electrons. The molecule has 0 heterocycles. The van der Waals surface area contributed by atoms with E-state index in [1.807, 2.05) is 0 Å². The molecule has 7 nitrogen and oxygen atoms in total. The topological polar surface area (TPSA) is 119 Å². The summed E-state index contributed by atoms with van der Waals surface area (Å²) in [6, 6.07) is 0. The Morgan fingerprint density at radius 2 is 1.48 bits per heavy atom. The van der Waals surface area contributed by atoms with Gasteiger partial charge in [-0.05, 0) is 12.8 Å². The van der Waals surface area contributed by atoms with E-state index in [2.05, 4.69) is 12.2 Å². The largest absolute Gasteiger partial charge is 0.394 e. The SMILES string of the molecule is CCCCCCCCCCOCCCNC(=O)[C@H](O)[C@H](O)[C@H](O)CO. The molecule has 3 atom stereocenters. The first-order valence-electron chi connectivity index (χ1n) is 9.55. The van der Waals surface area contributed by atoms with Gasteiger partial charge < -0.3 is 30.5 Å². The number of rotatable bonds is 17. The second-order valence-corrected chi connectivity index (χ2v) is 6.42. The van der Waals surface area contributed by atoms with E-state index < -0.39 is 30.8 Å². The first-order chi connectivity index (χ1) is 12.0. The van der Waals surface area contributed by atoms with Gasteiger partial charge in [0.2, 0.25) is 0 Å². The Morgan fingerprint density at radius 3 is 2.08 bits per heavy atom. The average molecular weight is 363 g/mol. The minimum atomic E-state index is -1.76. The number of aliphatic hydroxyl groups is 4. The molecule has 0 rings (SSSR count). The highest BCUT2D eigenvalue weighted by Gasteiger charge is 2.29. The van der Waals surface area contributed by atoms with Crippen LogP contribution in [0.25, 0.3) is 0 Å². The highest BCUT2D eigenvalue weighted by molar-refractivity contribution is 5.81. The number of nitrogens with one attached hydrogen (secondary N) is 1. The van der Waals surface area contributed by atoms with Crippen LogP contribution < -0.4 is 5.32 Å². The van der Waals surface area contributed by atoms with Gasteiger partial charge in [-0.25, -0.2) is 0 Å². The van der Waals surface area contributed by atoms with Gasteiger partial charge >= 0.3 is 0 Å². The van der Waals surface area contributed by atoms with Gasteiger partial charge in [0.25, 0.3) is 5.91 Å². The Hall–Kier alpha value is -0.730. The fourth-order valence-electron chi connectivity index (χ4n) is 2.40. The van der Waals surface area contributed by atoms with E-state index in [1.54, 1.807) is 0 Å². The highest BCUT2D eigenvalue weighted by atomic mass is 16.5. The third-order valence-electron chi connectivity index (χ3n) is 4.08. The third kappa shape index (κ3) is 13.2. The van der Waals surface area contributed by atoms with E-state index in [-0.39, 0.29) is 0 Å². The van der Waals surface area contributed by atoms with Crippen molar-refractivity contribution in [1.29, 1.82) is 0 Å². The van der Waals surface area contributed by atoms with Crippen LogP contribution in [0.4, 0.5) is 0 Å². The minimum Gasteiger partial charge on any atom is -0.394 e. The molecular weight excluding hydrogens is 326 g/mol. The van der Waals surface area contributed by atoms with Crippen molar-refractivity contribution in [3.8, 4) is 0 Å². The van der Waals surface area contributed by atoms with Crippen molar-refractivity contribution in [3.05, 3.63) is 0 Å². The van der Waals surface area contributed by atoms with Crippen molar-refractivity contribution in [2.24, 2.45) is 0 Å². The van der Waals surface area contributed by atoms with E-state index >= 15 is 0 Å². The highest BCUT2D eigenvalue weighted by Crippen LogP contribution is 2.08. The second-order valence-electron chi connectivity index (χ2n) is 6.42. The number of amides is 1. The fourth-order valence-corrected chi connectivity index (χ4v) is 2.40. The smallest absolute Gasteiger partial charge is 0.251 e. The van der Waals surface area contributed by atoms with E-state index in [1.165, 1.54) is 44.9 Å². The Labute approximate surface area is 151 Å². The van der Waals surface area contributed by atoms with E-state index in [4.69, 9.17) is 14.9 Å². The van der Waals surface area contributed by atoms with Gasteiger partial charge in [-0.1, -0.05) is 51.9 Å². The zero-order chi connectivity index (χ0) is 18.9. The van der Waals surface area contributed by atoms with E-state index in [0.29, 0.717) is 26.2 Å². The van der Waals surface area contributed by atoms with Crippen LogP contribution in [-0.2, 0) is 9.53 Å². The van der Waals surface area contributed by atoms with Crippen LogP contribution in [0.1, 0.15) is 64.7 Å². The quantitative estimate of drug-likeness (QED) is 0.243. The lowest BCUT2D eigenvalue weighted by molar-refractivity contribution is -0.142. The van der Waals surface area contributed by atoms with E-state index in [9.17, 15) is 15.0 Å². The fraction of sp³-hybridized carbons (Fsp3) is 0.944. The molecule has 0 aromatic carbocycles. The van der Waals surface area contributed by atoms with Gasteiger partial charge in [0.05, 0.1) is 6.61 Å². The maximum Gasteiger partial charge on any atom is 0.251 e. The van der Waals surface area contributed by atoms with Crippen LogP contribution in [0, 0.1) is 0 Å². The predicted octanol–water partition coefficient (Wildman–Crippen LogP) is 0.725. The van der Waals surface area contributed by atoms with Crippen LogP contribution in [0.3, 0.4) is 0 Å². The summed E-state index contributed by atoms with van der Waals surface area (Å²) in [6.07, 6.45) is 5.63. The Morgan fingerprint density at radius 1 is 0.920 bits per heavy atom. The van der Waals surface area contributed by atoms with Crippen molar-refractivity contribution in [2.75, 3.05) is 26.4 Å². The van der Waals surface area contributed by atoms with Crippen molar-refractivity contribution in [3.63, 3.8) is 0 Å². The number of aliphatic hydroxyl groups excluding tert-OH is 4. The monoisotopic (exact) mass is 363 g/mol. The first kappa shape index (κ1) is 24.3. The van der Waals surface area contributed by atoms with Crippen LogP contribution in [0.2, 0.25) is 0 Å². The maximum atomic E-state index is 11.6. The number of hydrogen-bond acceptors (Lipinski definition) is 6. The molecule has 0 aliphatic carbocycles. The van der Waals surface area contributed by atoms with Gasteiger partial charge in [-0.15, -0.1) is 0 Å². The summed E-state index contributed by atoms with van der Waals surface area (Å²) in [6.45, 7) is 3.05. The second kappa shape index (κ2) is 16.7. The summed E-state index contributed by atoms with van der Waals surface area (Å²) in [5, 5.41) is 39.2. The zero-order valence-corrected chi connectivity index (χ0v) is 15.5. The lowest BCUT2D eigenvalue weighted by Crippen LogP contribution is -2.48. The Bertz CT molecular complexity index is 316. The molecule has 150 valence electrons. The summed E-state index contributed by atoms with van der Waals surface area (Å²) < 4.78 is 5.49. The number of carbonyl (C=O) groups excluding carboxylic acids is 1. The van der Waals surface area contributed by atoms with Gasteiger partial charge in [-0.3, -0.25) is 4.79 Å². The molecule has 0 aromatic heterocycles. The van der Waals surface area contributed by atoms with Crippen LogP contribution in [-0.4, -0.2) is 71.0 Å². The van der Waals surface area contributed by atoms with Crippen molar-refractivity contribution in [2.45, 2.75) is 83.0 Å². The lowest BCUT2D eigenvalue weighted by atomic mass is 10.1. The number of unbranched alkanes of at least 4 members (excludes halogenated alkanes) is 7. The molecule has 1 amide bonds. The van der Waals surface area contributed by atoms with Gasteiger partial charge in [0.1, 0.15) is 12.2 Å². The molecule has 25 heavy (non-hydrogen) atoms. The summed E-state index contributed by atoms with van der Waals surface area (Å²) >= 11 is 0. The summed E-state index contributed by atoms with van der Waals surface area (Å²) in [7, 11) is 0. The Kier molecular flexibility index (Phi) is 16.2. The normalized spacial score (nSPS) is 14.9. The average Bonchev–Trinajstić information content (AvgIpc) is 2.63. The molecule has 0 bridgehead atoms. The number of ether oxygens (including phenoxy) is 1. The molecular formula is C18H37NO6. The van der Waals surface area contributed by atoms with Crippen molar-refractivity contribution >= 4 is 5.91 Å². The zero-order valence-electron chi connectivity index (χ0n) is 15.5. The molecule has 0 fully saturated rings. The molecule has 5 N–H and O–H groups in total. The molecule has 0 aliphatic rings. The lowest BCUT2D eigenvalue weighted by Gasteiger charge is -2.20. The standard InChI is InChI=1S/C18H37NO6/c1-2-3-4-5-6-7-8-9-12-25-13-10-11-19-18(24)17(23)16(22)15(21)14-20/h15-17,20-23H,2-14H2,1H3,(H,19,24)/t15-,16-,17-/m1/s1. The molecule has 0 spiro atoms. The molecule has 0 aromatic rings. The van der Waals surface area contributed by atoms with Gasteiger partial charge in [-0.2, -0.15) is 0 Å². The molecule has 0 saturated heterocycles. The maximum absolute atomic E-state index is 11.6. The van der Waals surface area contributed by atoms with Gasteiger partial charge in [0, 0.05) is 19.8 Å². The van der Waals surface area contributed by atoms with E-state index in [0.717, 1.165) is 6.42 Å². The van der Waals surface area contributed by atoms with Crippen molar-refractivity contribution < 1.29 is 30.0 Å². The van der Waals surface area contributed by atoms with Crippen LogP contribution >= 0.6 is 0 Å². The summed E-state index contributed by atoms with van der Waals surface area (Å²) in [5.41, 5.74) is 0. The molecule has 0 saturated carbocycles. The first-order valence-corrected chi connectivity index (χ1v) is 9.55. The number of carbonyl (C=O) groups is 1. The van der Waals surface area contributed by atoms with Crippen molar-refractivity contribution in [1.82, 2.24) is 5.32 Å². The number of hydrogen-bond donors (Lipinski definition) is 5. The van der Waals surface area contributed by atoms with Crippen LogP contribution in [0.5, 0.6) is 0 Å². The molecule has 0 aliphatic heterocycles. The van der Waals surface area contributed by atoms with Crippen LogP contribution in [0.15, 0.2) is 0 Å². The summed E-state index contributed by atoms with van der Waals surface area (Å²) in [5.74, 6) is -0.775. The minimum absolute atomic E-state index is 0.315. The molecule has 0 unspecified atom stereocenters. The van der Waals surface area contributed by atoms with Gasteiger partial charge in [0.15, 0.2) is 6.10 Å². The molecule has 7 heteroatoms. The third-order valence-corrected chi connectivity index (χ3v) is 4.08. The summed E-state index contributed by atoms with van der Waals surface area (Å²) in [4.78, 5) is 11.6.